The number of carbonyl (C=O) groups excluding carboxylic acids is 1. The van der Waals surface area contributed by atoms with Crippen LogP contribution in [0.3, 0.4) is 0 Å². The Kier molecular flexibility index (Phi) is 12.1. The molecule has 0 spiro atoms. The van der Waals surface area contributed by atoms with Crippen molar-refractivity contribution in [1.29, 1.82) is 5.26 Å². The Morgan fingerprint density at radius 1 is 1.28 bits per heavy atom. The van der Waals surface area contributed by atoms with Crippen LogP contribution in [0.25, 0.3) is 6.08 Å². The standard InChI is InChI=1S/C26H43N5O4S/c1-19(29-18-30-23-31-21-10-9-20(17-27)16-22(21)36-23)8-7-11-26(5,6)34-15-14-33-13-12-28-24(32)35-25(2,3)4/h9-10,19-20,29H,7-8,11-16,18H2,1-6H3,(H,28,32)(H,30,31). The highest BCUT2D eigenvalue weighted by Gasteiger charge is 2.20. The van der Waals surface area contributed by atoms with Crippen LogP contribution in [0.2, 0.25) is 0 Å². The Bertz CT molecular complexity index is 888. The molecule has 0 radical (unpaired) electrons. The molecule has 2 rings (SSSR count). The van der Waals surface area contributed by atoms with E-state index in [0.29, 0.717) is 39.1 Å². The van der Waals surface area contributed by atoms with Gasteiger partial charge in [-0.3, -0.25) is 5.32 Å². The van der Waals surface area contributed by atoms with E-state index < -0.39 is 11.7 Å². The number of nitrogens with zero attached hydrogens (tertiary/aromatic N) is 2. The minimum absolute atomic E-state index is 0.0437. The highest BCUT2D eigenvalue weighted by atomic mass is 32.1. The largest absolute Gasteiger partial charge is 0.444 e. The van der Waals surface area contributed by atoms with Crippen molar-refractivity contribution in [2.75, 3.05) is 38.4 Å². The molecule has 1 aliphatic rings. The van der Waals surface area contributed by atoms with Gasteiger partial charge in [0.05, 0.1) is 49.8 Å². The maximum Gasteiger partial charge on any atom is 0.407 e. The second-order valence-corrected chi connectivity index (χ2v) is 11.7. The fourth-order valence-electron chi connectivity index (χ4n) is 3.61. The van der Waals surface area contributed by atoms with E-state index in [0.717, 1.165) is 36.5 Å². The third-order valence-corrected chi connectivity index (χ3v) is 6.58. The van der Waals surface area contributed by atoms with Gasteiger partial charge in [-0.25, -0.2) is 9.78 Å². The summed E-state index contributed by atoms with van der Waals surface area (Å²) in [5.74, 6) is -0.0437. The van der Waals surface area contributed by atoms with Crippen molar-refractivity contribution < 1.29 is 19.0 Å². The summed E-state index contributed by atoms with van der Waals surface area (Å²) in [7, 11) is 0. The number of fused-ring (bicyclic) bond motifs is 1. The number of ether oxygens (including phenoxy) is 3. The summed E-state index contributed by atoms with van der Waals surface area (Å²) in [6.07, 6.45) is 7.24. The van der Waals surface area contributed by atoms with Crippen LogP contribution in [0.4, 0.5) is 9.93 Å². The van der Waals surface area contributed by atoms with E-state index in [2.05, 4.69) is 47.8 Å². The van der Waals surface area contributed by atoms with Gasteiger partial charge in [-0.05, 0) is 66.9 Å². The number of aromatic nitrogens is 1. The van der Waals surface area contributed by atoms with E-state index in [4.69, 9.17) is 19.5 Å². The molecule has 10 heteroatoms. The zero-order chi connectivity index (χ0) is 26.6. The van der Waals surface area contributed by atoms with Gasteiger partial charge in [-0.15, -0.1) is 11.3 Å². The molecule has 36 heavy (non-hydrogen) atoms. The van der Waals surface area contributed by atoms with Crippen molar-refractivity contribution in [3.05, 3.63) is 16.6 Å². The normalized spacial score (nSPS) is 16.2. The Balaban J connectivity index is 1.49. The van der Waals surface area contributed by atoms with Crippen molar-refractivity contribution in [3.8, 4) is 6.07 Å². The maximum absolute atomic E-state index is 11.6. The number of hydrogen-bond acceptors (Lipinski definition) is 9. The van der Waals surface area contributed by atoms with Crippen LogP contribution < -0.4 is 16.0 Å². The number of carbonyl (C=O) groups is 1. The highest BCUT2D eigenvalue weighted by molar-refractivity contribution is 7.15. The average Bonchev–Trinajstić information content (AvgIpc) is 3.18. The van der Waals surface area contributed by atoms with Crippen LogP contribution in [-0.2, 0) is 20.6 Å². The predicted molar refractivity (Wildman–Crippen MR) is 144 cm³/mol. The fraction of sp³-hybridized carbons (Fsp3) is 0.731. The van der Waals surface area contributed by atoms with Gasteiger partial charge in [0.1, 0.15) is 5.60 Å². The zero-order valence-electron chi connectivity index (χ0n) is 22.6. The van der Waals surface area contributed by atoms with Crippen molar-refractivity contribution in [2.45, 2.75) is 84.5 Å². The minimum atomic E-state index is -0.501. The summed E-state index contributed by atoms with van der Waals surface area (Å²) in [6.45, 7) is 14.4. The number of anilines is 1. The summed E-state index contributed by atoms with van der Waals surface area (Å²) in [6, 6.07) is 2.67. The highest BCUT2D eigenvalue weighted by Crippen LogP contribution is 2.30. The lowest BCUT2D eigenvalue weighted by Crippen LogP contribution is -2.34. The van der Waals surface area contributed by atoms with Crippen LogP contribution in [-0.4, -0.2) is 61.4 Å². The molecule has 9 nitrogen and oxygen atoms in total. The number of amides is 1. The SMILES string of the molecule is CC(CCCC(C)(C)OCCOCCNC(=O)OC(C)(C)C)NCNc1nc2c(s1)CC(C#N)C=C2. The van der Waals surface area contributed by atoms with Crippen LogP contribution >= 0.6 is 11.3 Å². The van der Waals surface area contributed by atoms with E-state index in [9.17, 15) is 4.79 Å². The smallest absolute Gasteiger partial charge is 0.407 e. The third kappa shape index (κ3) is 12.2. The summed E-state index contributed by atoms with van der Waals surface area (Å²) in [5.41, 5.74) is 0.260. The van der Waals surface area contributed by atoms with Crippen LogP contribution in [0.5, 0.6) is 0 Å². The van der Waals surface area contributed by atoms with Crippen molar-refractivity contribution in [1.82, 2.24) is 15.6 Å². The second-order valence-electron chi connectivity index (χ2n) is 10.6. The van der Waals surface area contributed by atoms with Crippen LogP contribution in [0.15, 0.2) is 6.08 Å². The van der Waals surface area contributed by atoms with Gasteiger partial charge in [-0.2, -0.15) is 5.26 Å². The topological polar surface area (TPSA) is 118 Å². The molecule has 3 N–H and O–H groups in total. The molecule has 2 atom stereocenters. The number of rotatable bonds is 15. The van der Waals surface area contributed by atoms with Crippen molar-refractivity contribution >= 4 is 28.6 Å². The molecular weight excluding hydrogens is 478 g/mol. The molecule has 1 amide bonds. The average molecular weight is 522 g/mol. The van der Waals surface area contributed by atoms with Crippen LogP contribution in [0, 0.1) is 17.2 Å². The Morgan fingerprint density at radius 3 is 2.78 bits per heavy atom. The Morgan fingerprint density at radius 2 is 2.06 bits per heavy atom. The monoisotopic (exact) mass is 521 g/mol. The molecule has 202 valence electrons. The first-order chi connectivity index (χ1) is 17.0. The number of allylic oxidation sites excluding steroid dienone is 1. The molecule has 1 aromatic heterocycles. The number of nitriles is 1. The molecule has 0 aliphatic heterocycles. The van der Waals surface area contributed by atoms with E-state index in [1.807, 2.05) is 32.9 Å². The first-order valence-electron chi connectivity index (χ1n) is 12.7. The molecule has 1 heterocycles. The molecule has 0 bridgehead atoms. The zero-order valence-corrected chi connectivity index (χ0v) is 23.4. The van der Waals surface area contributed by atoms with Gasteiger partial charge < -0.3 is 24.8 Å². The summed E-state index contributed by atoms with van der Waals surface area (Å²) < 4.78 is 16.7. The summed E-state index contributed by atoms with van der Waals surface area (Å²) >= 11 is 1.63. The second kappa shape index (κ2) is 14.5. The molecule has 1 aromatic rings. The molecule has 0 aromatic carbocycles. The predicted octanol–water partition coefficient (Wildman–Crippen LogP) is 4.71. The van der Waals surface area contributed by atoms with Gasteiger partial charge >= 0.3 is 6.09 Å². The molecule has 2 unspecified atom stereocenters. The molecular formula is C26H43N5O4S. The molecule has 0 saturated heterocycles. The molecule has 1 aliphatic carbocycles. The summed E-state index contributed by atoms with van der Waals surface area (Å²) in [4.78, 5) is 17.3. The van der Waals surface area contributed by atoms with E-state index in [-0.39, 0.29) is 11.5 Å². The minimum Gasteiger partial charge on any atom is -0.444 e. The van der Waals surface area contributed by atoms with Gasteiger partial charge in [-0.1, -0.05) is 6.08 Å². The summed E-state index contributed by atoms with van der Waals surface area (Å²) in [5, 5.41) is 19.5. The fourth-order valence-corrected chi connectivity index (χ4v) is 4.61. The first-order valence-corrected chi connectivity index (χ1v) is 13.5. The van der Waals surface area contributed by atoms with Gasteiger partial charge in [0.15, 0.2) is 5.13 Å². The number of nitrogens with one attached hydrogen (secondary N) is 3. The Labute approximate surface area is 220 Å². The van der Waals surface area contributed by atoms with E-state index in [1.165, 1.54) is 4.88 Å². The maximum atomic E-state index is 11.6. The molecule has 0 fully saturated rings. The number of hydrogen-bond donors (Lipinski definition) is 3. The van der Waals surface area contributed by atoms with Gasteiger partial charge in [0, 0.05) is 23.9 Å². The molecule has 0 saturated carbocycles. The lowest BCUT2D eigenvalue weighted by Gasteiger charge is -2.26. The van der Waals surface area contributed by atoms with Crippen LogP contribution in [0.1, 0.15) is 71.4 Å². The third-order valence-electron chi connectivity index (χ3n) is 5.53. The van der Waals surface area contributed by atoms with Crippen molar-refractivity contribution in [2.24, 2.45) is 5.92 Å². The van der Waals surface area contributed by atoms with E-state index in [1.54, 1.807) is 11.3 Å². The first kappa shape index (κ1) is 30.0. The number of alkyl carbamates (subject to hydrolysis) is 1. The van der Waals surface area contributed by atoms with Gasteiger partial charge in [0.25, 0.3) is 0 Å². The lowest BCUT2D eigenvalue weighted by molar-refractivity contribution is -0.0511. The van der Waals surface area contributed by atoms with Crippen molar-refractivity contribution in [3.63, 3.8) is 0 Å². The van der Waals surface area contributed by atoms with Gasteiger partial charge in [0.2, 0.25) is 0 Å². The quantitative estimate of drug-likeness (QED) is 0.224. The lowest BCUT2D eigenvalue weighted by atomic mass is 9.99. The number of thiazole rings is 1. The van der Waals surface area contributed by atoms with E-state index >= 15 is 0 Å². The Hall–Kier alpha value is -2.19.